The van der Waals surface area contributed by atoms with Crippen LogP contribution in [0.15, 0.2) is 40.1 Å². The normalized spacial score (nSPS) is 10.7. The second-order valence-electron chi connectivity index (χ2n) is 6.25. The van der Waals surface area contributed by atoms with Gasteiger partial charge in [0.1, 0.15) is 11.6 Å². The Labute approximate surface area is 165 Å². The van der Waals surface area contributed by atoms with E-state index >= 15 is 0 Å². The molecule has 0 fully saturated rings. The largest absolute Gasteiger partial charge is 0.440 e. The van der Waals surface area contributed by atoms with E-state index in [1.165, 1.54) is 17.4 Å². The van der Waals surface area contributed by atoms with Gasteiger partial charge in [0.2, 0.25) is 11.8 Å². The van der Waals surface area contributed by atoms with E-state index in [4.69, 9.17) is 4.42 Å². The van der Waals surface area contributed by atoms with Crippen LogP contribution in [0.3, 0.4) is 0 Å². The van der Waals surface area contributed by atoms with E-state index in [-0.39, 0.29) is 36.9 Å². The van der Waals surface area contributed by atoms with Crippen molar-refractivity contribution in [2.45, 2.75) is 20.3 Å². The molecule has 0 aliphatic heterocycles. The lowest BCUT2D eigenvalue weighted by Gasteiger charge is -2.07. The van der Waals surface area contributed by atoms with Crippen LogP contribution in [0.5, 0.6) is 0 Å². The number of aromatic nitrogens is 1. The molecule has 3 rings (SSSR count). The van der Waals surface area contributed by atoms with Gasteiger partial charge in [-0.25, -0.2) is 9.37 Å². The third-order valence-corrected chi connectivity index (χ3v) is 4.98. The van der Waals surface area contributed by atoms with E-state index in [9.17, 15) is 14.0 Å². The number of thiophene rings is 1. The number of nitrogens with one attached hydrogen (secondary N) is 2. The molecule has 3 aromatic rings. The minimum absolute atomic E-state index is 0.0951. The number of aryl methyl sites for hydroxylation is 2. The Kier molecular flexibility index (Phi) is 6.20. The van der Waals surface area contributed by atoms with Crippen LogP contribution < -0.4 is 10.6 Å². The Morgan fingerprint density at radius 2 is 1.96 bits per heavy atom. The smallest absolute Gasteiger partial charge is 0.251 e. The van der Waals surface area contributed by atoms with Gasteiger partial charge in [-0.3, -0.25) is 9.59 Å². The Morgan fingerprint density at radius 3 is 2.68 bits per heavy atom. The molecule has 2 amide bonds. The van der Waals surface area contributed by atoms with Gasteiger partial charge in [0, 0.05) is 18.7 Å². The number of amides is 2. The fourth-order valence-electron chi connectivity index (χ4n) is 2.53. The zero-order valence-corrected chi connectivity index (χ0v) is 16.4. The summed E-state index contributed by atoms with van der Waals surface area (Å²) in [5, 5.41) is 7.30. The molecule has 0 unspecified atom stereocenters. The van der Waals surface area contributed by atoms with Crippen molar-refractivity contribution in [3.63, 3.8) is 0 Å². The van der Waals surface area contributed by atoms with Crippen molar-refractivity contribution >= 4 is 23.2 Å². The van der Waals surface area contributed by atoms with E-state index in [2.05, 4.69) is 15.6 Å². The highest BCUT2D eigenvalue weighted by molar-refractivity contribution is 7.13. The number of rotatable bonds is 7. The lowest BCUT2D eigenvalue weighted by atomic mass is 10.1. The Morgan fingerprint density at radius 1 is 1.18 bits per heavy atom. The molecule has 2 N–H and O–H groups in total. The highest BCUT2D eigenvalue weighted by Crippen LogP contribution is 2.25. The van der Waals surface area contributed by atoms with Crippen LogP contribution in [0.1, 0.15) is 27.4 Å². The third-order valence-electron chi connectivity index (χ3n) is 4.12. The third kappa shape index (κ3) is 4.83. The maximum Gasteiger partial charge on any atom is 0.251 e. The SMILES string of the molecule is Cc1ccc(C(=O)NCCNC(=O)Cc2nc(-c3cccs3)oc2C)cc1F. The number of halogens is 1. The maximum absolute atomic E-state index is 13.5. The maximum atomic E-state index is 13.5. The minimum atomic E-state index is -0.425. The Balaban J connectivity index is 1.45. The summed E-state index contributed by atoms with van der Waals surface area (Å²) in [4.78, 5) is 29.4. The molecule has 6 nitrogen and oxygen atoms in total. The molecule has 28 heavy (non-hydrogen) atoms. The predicted molar refractivity (Wildman–Crippen MR) is 105 cm³/mol. The standard InChI is InChI=1S/C20H20FN3O3S/c1-12-5-6-14(10-15(12)21)19(26)23-8-7-22-18(25)11-16-13(2)27-20(24-16)17-4-3-9-28-17/h3-6,9-10H,7-8,11H2,1-2H3,(H,22,25)(H,23,26). The Bertz CT molecular complexity index is 983. The van der Waals surface area contributed by atoms with Crippen molar-refractivity contribution in [3.05, 3.63) is 64.1 Å². The topological polar surface area (TPSA) is 84.2 Å². The van der Waals surface area contributed by atoms with Crippen LogP contribution in [0.2, 0.25) is 0 Å². The molecule has 2 aromatic heterocycles. The first kappa shape index (κ1) is 19.8. The fourth-order valence-corrected chi connectivity index (χ4v) is 3.18. The molecule has 0 bridgehead atoms. The van der Waals surface area contributed by atoms with Crippen molar-refractivity contribution in [1.82, 2.24) is 15.6 Å². The first-order valence-corrected chi connectivity index (χ1v) is 9.63. The number of benzene rings is 1. The van der Waals surface area contributed by atoms with E-state index in [0.29, 0.717) is 22.9 Å². The van der Waals surface area contributed by atoms with Crippen LogP contribution >= 0.6 is 11.3 Å². The Hall–Kier alpha value is -3.00. The first-order valence-electron chi connectivity index (χ1n) is 8.75. The molecule has 0 atom stereocenters. The van der Waals surface area contributed by atoms with Gasteiger partial charge in [-0.1, -0.05) is 12.1 Å². The average molecular weight is 401 g/mol. The van der Waals surface area contributed by atoms with E-state index < -0.39 is 5.82 Å². The molecule has 0 aliphatic carbocycles. The van der Waals surface area contributed by atoms with Crippen LogP contribution in [0.4, 0.5) is 4.39 Å². The minimum Gasteiger partial charge on any atom is -0.440 e. The molecule has 0 spiro atoms. The van der Waals surface area contributed by atoms with Gasteiger partial charge in [-0.05, 0) is 43.0 Å². The van der Waals surface area contributed by atoms with Crippen molar-refractivity contribution in [1.29, 1.82) is 0 Å². The van der Waals surface area contributed by atoms with Crippen LogP contribution in [-0.4, -0.2) is 29.9 Å². The molecule has 0 saturated carbocycles. The van der Waals surface area contributed by atoms with E-state index in [1.54, 1.807) is 26.0 Å². The highest BCUT2D eigenvalue weighted by atomic mass is 32.1. The summed E-state index contributed by atoms with van der Waals surface area (Å²) in [6.07, 6.45) is 0.0951. The molecule has 0 aliphatic rings. The number of oxazole rings is 1. The number of hydrogen-bond acceptors (Lipinski definition) is 5. The number of carbonyl (C=O) groups excluding carboxylic acids is 2. The molecule has 146 valence electrons. The second-order valence-corrected chi connectivity index (χ2v) is 7.19. The van der Waals surface area contributed by atoms with Crippen molar-refractivity contribution in [2.75, 3.05) is 13.1 Å². The lowest BCUT2D eigenvalue weighted by Crippen LogP contribution is -2.35. The number of hydrogen-bond donors (Lipinski definition) is 2. The highest BCUT2D eigenvalue weighted by Gasteiger charge is 2.15. The molecule has 0 saturated heterocycles. The van der Waals surface area contributed by atoms with Gasteiger partial charge < -0.3 is 15.1 Å². The molecule has 1 aromatic carbocycles. The summed E-state index contributed by atoms with van der Waals surface area (Å²) in [6, 6.07) is 8.12. The molecule has 0 radical (unpaired) electrons. The lowest BCUT2D eigenvalue weighted by molar-refractivity contribution is -0.120. The molecular formula is C20H20FN3O3S. The zero-order valence-electron chi connectivity index (χ0n) is 15.5. The summed E-state index contributed by atoms with van der Waals surface area (Å²) in [5.74, 6) is 0.0813. The van der Waals surface area contributed by atoms with Gasteiger partial charge in [0.25, 0.3) is 5.91 Å². The summed E-state index contributed by atoms with van der Waals surface area (Å²) in [6.45, 7) is 3.89. The number of nitrogens with zero attached hydrogens (tertiary/aromatic N) is 1. The number of carbonyl (C=O) groups is 2. The van der Waals surface area contributed by atoms with E-state index in [1.807, 2.05) is 17.5 Å². The monoisotopic (exact) mass is 401 g/mol. The molecule has 2 heterocycles. The fraction of sp³-hybridized carbons (Fsp3) is 0.250. The summed E-state index contributed by atoms with van der Waals surface area (Å²) < 4.78 is 19.1. The van der Waals surface area contributed by atoms with Gasteiger partial charge >= 0.3 is 0 Å². The van der Waals surface area contributed by atoms with Gasteiger partial charge in [-0.15, -0.1) is 11.3 Å². The van der Waals surface area contributed by atoms with Gasteiger partial charge in [0.05, 0.1) is 17.0 Å². The van der Waals surface area contributed by atoms with E-state index in [0.717, 1.165) is 4.88 Å². The van der Waals surface area contributed by atoms with Gasteiger partial charge in [-0.2, -0.15) is 0 Å². The van der Waals surface area contributed by atoms with Crippen molar-refractivity contribution in [2.24, 2.45) is 0 Å². The average Bonchev–Trinajstić information content (AvgIpc) is 3.31. The van der Waals surface area contributed by atoms with Crippen LogP contribution in [-0.2, 0) is 11.2 Å². The quantitative estimate of drug-likeness (QED) is 0.595. The summed E-state index contributed by atoms with van der Waals surface area (Å²) >= 11 is 1.52. The summed E-state index contributed by atoms with van der Waals surface area (Å²) in [7, 11) is 0. The predicted octanol–water partition coefficient (Wildman–Crippen LogP) is 3.25. The van der Waals surface area contributed by atoms with Crippen molar-refractivity contribution < 1.29 is 18.4 Å². The first-order chi connectivity index (χ1) is 13.4. The second kappa shape index (κ2) is 8.79. The van der Waals surface area contributed by atoms with Crippen LogP contribution in [0, 0.1) is 19.7 Å². The molecular weight excluding hydrogens is 381 g/mol. The summed E-state index contributed by atoms with van der Waals surface area (Å²) in [5.41, 5.74) is 1.31. The molecule has 8 heteroatoms. The van der Waals surface area contributed by atoms with Crippen molar-refractivity contribution in [3.8, 4) is 10.8 Å². The van der Waals surface area contributed by atoms with Crippen LogP contribution in [0.25, 0.3) is 10.8 Å². The zero-order chi connectivity index (χ0) is 20.1. The van der Waals surface area contributed by atoms with Gasteiger partial charge in [0.15, 0.2) is 0 Å².